The van der Waals surface area contributed by atoms with Gasteiger partial charge >= 0.3 is 5.97 Å². The third-order valence-electron chi connectivity index (χ3n) is 10.8. The summed E-state index contributed by atoms with van der Waals surface area (Å²) in [4.78, 5) is 38.9. The van der Waals surface area contributed by atoms with E-state index in [1.165, 1.54) is 11.1 Å². The zero-order valence-corrected chi connectivity index (χ0v) is 19.8. The molecule has 0 heterocycles. The molecule has 1 aromatic carbocycles. The molecule has 8 atom stereocenters. The smallest absolute Gasteiger partial charge is 0.322 e. The lowest BCUT2D eigenvalue weighted by atomic mass is 9.54. The van der Waals surface area contributed by atoms with Crippen LogP contribution in [-0.4, -0.2) is 17.5 Å². The van der Waals surface area contributed by atoms with Gasteiger partial charge in [0, 0.05) is 17.8 Å². The van der Waals surface area contributed by atoms with Crippen LogP contribution in [0.1, 0.15) is 68.9 Å². The number of Topliss-reactive ketones (excluding diaryl/α,β-unsaturated/α-hetero) is 1. The molecule has 0 amide bonds. The van der Waals surface area contributed by atoms with E-state index < -0.39 is 5.41 Å². The van der Waals surface area contributed by atoms with Gasteiger partial charge in [-0.2, -0.15) is 0 Å². The van der Waals surface area contributed by atoms with Crippen LogP contribution in [0.15, 0.2) is 42.5 Å². The zero-order chi connectivity index (χ0) is 23.2. The normalized spacial score (nSPS) is 43.3. The van der Waals surface area contributed by atoms with Crippen LogP contribution in [0.5, 0.6) is 5.75 Å². The number of fused-ring (bicyclic) bond motifs is 6. The topological polar surface area (TPSA) is 60.4 Å². The van der Waals surface area contributed by atoms with Crippen LogP contribution in [0.3, 0.4) is 0 Å². The SMILES string of the molecule is CC12CCC3c4ccc(OC(=O)C56C=CC(=O)C5C5C=CC6CC5)cc4CCC3C1CCC2=O. The van der Waals surface area contributed by atoms with E-state index in [-0.39, 0.29) is 34.9 Å². The Morgan fingerprint density at radius 2 is 1.91 bits per heavy atom. The fourth-order valence-corrected chi connectivity index (χ4v) is 9.03. The molecule has 0 saturated heterocycles. The molecular formula is C30H32O4. The number of carbonyl (C=O) groups excluding carboxylic acids is 3. The molecule has 1 aromatic rings. The summed E-state index contributed by atoms with van der Waals surface area (Å²) in [6.45, 7) is 2.21. The number of ketones is 2. The Kier molecular flexibility index (Phi) is 4.31. The Hall–Kier alpha value is -2.49. The number of hydrogen-bond acceptors (Lipinski definition) is 4. The number of esters is 1. The van der Waals surface area contributed by atoms with Crippen LogP contribution in [0, 0.1) is 40.4 Å². The van der Waals surface area contributed by atoms with Crippen molar-refractivity contribution in [2.75, 3.05) is 0 Å². The van der Waals surface area contributed by atoms with Crippen LogP contribution in [0.2, 0.25) is 0 Å². The van der Waals surface area contributed by atoms with Crippen molar-refractivity contribution < 1.29 is 19.1 Å². The summed E-state index contributed by atoms with van der Waals surface area (Å²) in [6, 6.07) is 6.20. The molecule has 0 N–H and O–H groups in total. The van der Waals surface area contributed by atoms with E-state index in [0.29, 0.717) is 29.3 Å². The third-order valence-corrected chi connectivity index (χ3v) is 10.8. The highest BCUT2D eigenvalue weighted by Gasteiger charge is 2.61. The first-order chi connectivity index (χ1) is 16.4. The number of allylic oxidation sites excluding steroid dienone is 3. The summed E-state index contributed by atoms with van der Waals surface area (Å²) in [6.07, 6.45) is 15.6. The Labute approximate surface area is 200 Å². The van der Waals surface area contributed by atoms with Gasteiger partial charge in [-0.05, 0) is 104 Å². The lowest BCUT2D eigenvalue weighted by Crippen LogP contribution is -2.52. The third kappa shape index (κ3) is 2.58. The second kappa shape index (κ2) is 7.02. The molecule has 8 rings (SSSR count). The highest BCUT2D eigenvalue weighted by atomic mass is 16.5. The maximum Gasteiger partial charge on any atom is 0.322 e. The van der Waals surface area contributed by atoms with E-state index in [1.807, 2.05) is 12.1 Å². The van der Waals surface area contributed by atoms with Gasteiger partial charge in [-0.3, -0.25) is 14.4 Å². The summed E-state index contributed by atoms with van der Waals surface area (Å²) in [5.74, 6) is 2.38. The molecule has 0 radical (unpaired) electrons. The fourth-order valence-electron chi connectivity index (χ4n) is 9.03. The Morgan fingerprint density at radius 1 is 1.03 bits per heavy atom. The molecule has 8 unspecified atom stereocenters. The molecule has 3 saturated carbocycles. The molecule has 2 bridgehead atoms. The van der Waals surface area contributed by atoms with Crippen molar-refractivity contribution in [1.82, 2.24) is 0 Å². The Bertz CT molecular complexity index is 1180. The Balaban J connectivity index is 1.15. The molecule has 176 valence electrons. The van der Waals surface area contributed by atoms with Crippen molar-refractivity contribution in [3.05, 3.63) is 53.6 Å². The highest BCUT2D eigenvalue weighted by Crippen LogP contribution is 2.60. The van der Waals surface area contributed by atoms with Crippen molar-refractivity contribution in [1.29, 1.82) is 0 Å². The second-order valence-corrected chi connectivity index (χ2v) is 12.0. The molecular weight excluding hydrogens is 424 g/mol. The zero-order valence-electron chi connectivity index (χ0n) is 19.8. The number of hydrogen-bond donors (Lipinski definition) is 0. The van der Waals surface area contributed by atoms with Gasteiger partial charge in [0.05, 0.1) is 0 Å². The number of carbonyl (C=O) groups is 3. The number of ether oxygens (including phenoxy) is 1. The average Bonchev–Trinajstić information content (AvgIpc) is 3.38. The quantitative estimate of drug-likeness (QED) is 0.342. The predicted molar refractivity (Wildman–Crippen MR) is 127 cm³/mol. The van der Waals surface area contributed by atoms with Gasteiger partial charge < -0.3 is 4.74 Å². The molecule has 7 aliphatic carbocycles. The lowest BCUT2D eigenvalue weighted by molar-refractivity contribution is -0.155. The van der Waals surface area contributed by atoms with Gasteiger partial charge in [0.15, 0.2) is 5.78 Å². The van der Waals surface area contributed by atoms with E-state index in [9.17, 15) is 14.4 Å². The number of rotatable bonds is 2. The van der Waals surface area contributed by atoms with Gasteiger partial charge in [0.25, 0.3) is 0 Å². The minimum Gasteiger partial charge on any atom is -0.426 e. The van der Waals surface area contributed by atoms with Crippen molar-refractivity contribution in [3.63, 3.8) is 0 Å². The minimum absolute atomic E-state index is 0.0433. The summed E-state index contributed by atoms with van der Waals surface area (Å²) in [7, 11) is 0. The van der Waals surface area contributed by atoms with Crippen molar-refractivity contribution in [2.24, 2.45) is 40.4 Å². The van der Waals surface area contributed by atoms with E-state index in [2.05, 4.69) is 31.2 Å². The highest BCUT2D eigenvalue weighted by molar-refractivity contribution is 6.03. The number of aryl methyl sites for hydroxylation is 1. The standard InChI is InChI=1S/C30H32O4/c1-29-14-12-22-21-9-7-20(16-18(21)4-8-23(22)24(29)10-11-26(29)32)34-28(33)30-15-13-25(31)27(30)17-2-5-19(30)6-3-17/h2,5,7,9,13,15-17,19,22-24,27H,3-4,6,8,10-12,14H2,1H3. The van der Waals surface area contributed by atoms with Crippen LogP contribution < -0.4 is 4.74 Å². The second-order valence-electron chi connectivity index (χ2n) is 12.0. The first-order valence-electron chi connectivity index (χ1n) is 13.2. The number of benzene rings is 1. The van der Waals surface area contributed by atoms with Gasteiger partial charge in [-0.25, -0.2) is 0 Å². The largest absolute Gasteiger partial charge is 0.426 e. The molecule has 0 spiro atoms. The van der Waals surface area contributed by atoms with Crippen LogP contribution in [0.25, 0.3) is 0 Å². The summed E-state index contributed by atoms with van der Waals surface area (Å²) >= 11 is 0. The Morgan fingerprint density at radius 3 is 2.74 bits per heavy atom. The lowest BCUT2D eigenvalue weighted by Gasteiger charge is -2.48. The van der Waals surface area contributed by atoms with Crippen LogP contribution in [-0.2, 0) is 20.8 Å². The van der Waals surface area contributed by atoms with Crippen molar-refractivity contribution in [2.45, 2.75) is 64.2 Å². The predicted octanol–water partition coefficient (Wildman–Crippen LogP) is 5.35. The van der Waals surface area contributed by atoms with Crippen molar-refractivity contribution >= 4 is 17.5 Å². The molecule has 3 fully saturated rings. The minimum atomic E-state index is -0.835. The fraction of sp³-hybridized carbons (Fsp3) is 0.567. The van der Waals surface area contributed by atoms with Gasteiger partial charge in [-0.1, -0.05) is 31.2 Å². The average molecular weight is 457 g/mol. The first-order valence-corrected chi connectivity index (χ1v) is 13.2. The molecule has 4 heteroatoms. The molecule has 0 aliphatic heterocycles. The summed E-state index contributed by atoms with van der Waals surface area (Å²) < 4.78 is 6.04. The molecule has 4 nitrogen and oxygen atoms in total. The van der Waals surface area contributed by atoms with Crippen LogP contribution in [0.4, 0.5) is 0 Å². The molecule has 34 heavy (non-hydrogen) atoms. The summed E-state index contributed by atoms with van der Waals surface area (Å²) in [5.41, 5.74) is 1.74. The maximum absolute atomic E-state index is 13.6. The van der Waals surface area contributed by atoms with Gasteiger partial charge in [-0.15, -0.1) is 0 Å². The van der Waals surface area contributed by atoms with E-state index in [0.717, 1.165) is 51.4 Å². The summed E-state index contributed by atoms with van der Waals surface area (Å²) in [5, 5.41) is 0. The van der Waals surface area contributed by atoms with E-state index in [1.54, 1.807) is 6.08 Å². The molecule has 0 aromatic heterocycles. The molecule has 7 aliphatic rings. The van der Waals surface area contributed by atoms with Crippen molar-refractivity contribution in [3.8, 4) is 5.75 Å². The van der Waals surface area contributed by atoms with E-state index in [4.69, 9.17) is 4.74 Å². The monoisotopic (exact) mass is 456 g/mol. The van der Waals surface area contributed by atoms with Gasteiger partial charge in [0.1, 0.15) is 16.9 Å². The maximum atomic E-state index is 13.6. The first kappa shape index (κ1) is 20.8. The van der Waals surface area contributed by atoms with E-state index >= 15 is 0 Å². The van der Waals surface area contributed by atoms with Crippen LogP contribution >= 0.6 is 0 Å². The van der Waals surface area contributed by atoms with Gasteiger partial charge in [0.2, 0.25) is 0 Å².